The maximum Gasteiger partial charge on any atom is 0.358 e. The van der Waals surface area contributed by atoms with Crippen molar-refractivity contribution in [1.82, 2.24) is 10.1 Å². The molecule has 21 heavy (non-hydrogen) atoms. The summed E-state index contributed by atoms with van der Waals surface area (Å²) in [5.41, 5.74) is 2.04. The molecule has 3 rings (SSSR count). The minimum Gasteiger partial charge on any atom is -0.476 e. The van der Waals surface area contributed by atoms with Gasteiger partial charge >= 0.3 is 5.97 Å². The number of piperidine rings is 1. The summed E-state index contributed by atoms with van der Waals surface area (Å²) in [6.45, 7) is 3.31. The molecular weight excluding hydrogens is 268 g/mol. The van der Waals surface area contributed by atoms with Gasteiger partial charge in [-0.2, -0.15) is 0 Å². The Hall–Kier alpha value is -2.14. The Bertz CT molecular complexity index is 613. The van der Waals surface area contributed by atoms with Crippen LogP contribution in [0.25, 0.3) is 11.3 Å². The van der Waals surface area contributed by atoms with E-state index in [9.17, 15) is 4.79 Å². The van der Waals surface area contributed by atoms with E-state index in [4.69, 9.17) is 9.63 Å². The molecule has 5 heteroatoms. The van der Waals surface area contributed by atoms with Gasteiger partial charge < -0.3 is 9.63 Å². The topological polar surface area (TPSA) is 66.6 Å². The van der Waals surface area contributed by atoms with Crippen molar-refractivity contribution < 1.29 is 14.4 Å². The summed E-state index contributed by atoms with van der Waals surface area (Å²) in [5, 5.41) is 12.4. The van der Waals surface area contributed by atoms with Gasteiger partial charge in [0, 0.05) is 18.2 Å². The number of likely N-dealkylation sites (tertiary alicyclic amines) is 1. The van der Waals surface area contributed by atoms with E-state index in [0.717, 1.165) is 12.1 Å². The van der Waals surface area contributed by atoms with Crippen molar-refractivity contribution in [3.8, 4) is 11.3 Å². The third-order valence-corrected chi connectivity index (χ3v) is 3.82. The predicted molar refractivity (Wildman–Crippen MR) is 78.0 cm³/mol. The highest BCUT2D eigenvalue weighted by Crippen LogP contribution is 2.22. The van der Waals surface area contributed by atoms with E-state index in [-0.39, 0.29) is 5.69 Å². The number of aromatic nitrogens is 1. The highest BCUT2D eigenvalue weighted by Gasteiger charge is 2.13. The highest BCUT2D eigenvalue weighted by molar-refractivity contribution is 5.86. The molecule has 2 heterocycles. The number of carbonyl (C=O) groups is 1. The van der Waals surface area contributed by atoms with Gasteiger partial charge in [-0.15, -0.1) is 0 Å². The quantitative estimate of drug-likeness (QED) is 0.935. The molecule has 0 atom stereocenters. The molecule has 1 fully saturated rings. The number of benzene rings is 1. The number of carboxylic acid groups (broad SMARTS) is 1. The van der Waals surface area contributed by atoms with Crippen molar-refractivity contribution >= 4 is 5.97 Å². The lowest BCUT2D eigenvalue weighted by Crippen LogP contribution is -2.28. The zero-order chi connectivity index (χ0) is 14.7. The molecule has 1 aromatic carbocycles. The van der Waals surface area contributed by atoms with E-state index in [1.807, 2.05) is 12.1 Å². The molecule has 1 saturated heterocycles. The summed E-state index contributed by atoms with van der Waals surface area (Å²) < 4.78 is 5.06. The Balaban J connectivity index is 1.69. The van der Waals surface area contributed by atoms with Crippen molar-refractivity contribution in [1.29, 1.82) is 0 Å². The lowest BCUT2D eigenvalue weighted by Gasteiger charge is -2.26. The number of aromatic carboxylic acids is 1. The van der Waals surface area contributed by atoms with E-state index in [1.54, 1.807) is 0 Å². The average Bonchev–Trinajstić information content (AvgIpc) is 2.99. The fourth-order valence-electron chi connectivity index (χ4n) is 2.66. The molecule has 2 aromatic rings. The lowest BCUT2D eigenvalue weighted by molar-refractivity contribution is 0.0686. The maximum atomic E-state index is 10.8. The Morgan fingerprint density at radius 3 is 2.52 bits per heavy atom. The van der Waals surface area contributed by atoms with Crippen molar-refractivity contribution in [3.05, 3.63) is 41.6 Å². The van der Waals surface area contributed by atoms with Gasteiger partial charge in [-0.25, -0.2) is 4.79 Å². The molecule has 0 radical (unpaired) electrons. The van der Waals surface area contributed by atoms with Crippen LogP contribution in [0.2, 0.25) is 0 Å². The van der Waals surface area contributed by atoms with Gasteiger partial charge in [0.25, 0.3) is 0 Å². The van der Waals surface area contributed by atoms with Crippen LogP contribution >= 0.6 is 0 Å². The summed E-state index contributed by atoms with van der Waals surface area (Å²) in [4.78, 5) is 13.3. The molecule has 0 amide bonds. The zero-order valence-electron chi connectivity index (χ0n) is 11.8. The molecule has 1 N–H and O–H groups in total. The van der Waals surface area contributed by atoms with Crippen LogP contribution in [0.3, 0.4) is 0 Å². The van der Waals surface area contributed by atoms with E-state index in [1.165, 1.54) is 44.0 Å². The standard InChI is InChI=1S/C16H18N2O3/c19-16(20)14-10-15(21-17-14)13-6-4-12(5-7-13)11-18-8-2-1-3-9-18/h4-7,10H,1-3,8-9,11H2,(H,19,20). The van der Waals surface area contributed by atoms with Gasteiger partial charge in [0.15, 0.2) is 11.5 Å². The van der Waals surface area contributed by atoms with Gasteiger partial charge in [-0.3, -0.25) is 4.90 Å². The van der Waals surface area contributed by atoms with Crippen LogP contribution in [-0.2, 0) is 6.54 Å². The van der Waals surface area contributed by atoms with Crippen LogP contribution < -0.4 is 0 Å². The van der Waals surface area contributed by atoms with Crippen molar-refractivity contribution in [2.45, 2.75) is 25.8 Å². The van der Waals surface area contributed by atoms with E-state index < -0.39 is 5.97 Å². The van der Waals surface area contributed by atoms with Crippen LogP contribution in [0.4, 0.5) is 0 Å². The van der Waals surface area contributed by atoms with Crippen LogP contribution in [-0.4, -0.2) is 34.2 Å². The minimum absolute atomic E-state index is 0.0672. The Labute approximate surface area is 123 Å². The summed E-state index contributed by atoms with van der Waals surface area (Å²) in [7, 11) is 0. The Kier molecular flexibility index (Phi) is 4.01. The first-order chi connectivity index (χ1) is 10.2. The van der Waals surface area contributed by atoms with Crippen LogP contribution in [0.5, 0.6) is 0 Å². The lowest BCUT2D eigenvalue weighted by atomic mass is 10.1. The minimum atomic E-state index is -1.08. The third kappa shape index (κ3) is 3.31. The fourth-order valence-corrected chi connectivity index (χ4v) is 2.66. The Morgan fingerprint density at radius 1 is 1.19 bits per heavy atom. The molecule has 0 aliphatic carbocycles. The predicted octanol–water partition coefficient (Wildman–Crippen LogP) is 3.03. The molecular formula is C16H18N2O3. The smallest absolute Gasteiger partial charge is 0.358 e. The van der Waals surface area contributed by atoms with E-state index >= 15 is 0 Å². The van der Waals surface area contributed by atoms with Gasteiger partial charge in [0.05, 0.1) is 0 Å². The SMILES string of the molecule is O=C(O)c1cc(-c2ccc(CN3CCCCC3)cc2)on1. The van der Waals surface area contributed by atoms with E-state index in [2.05, 4.69) is 22.2 Å². The first kappa shape index (κ1) is 13.8. The molecule has 5 nitrogen and oxygen atoms in total. The van der Waals surface area contributed by atoms with Crippen molar-refractivity contribution in [2.24, 2.45) is 0 Å². The summed E-state index contributed by atoms with van der Waals surface area (Å²) >= 11 is 0. The number of rotatable bonds is 4. The second kappa shape index (κ2) is 6.10. The molecule has 0 bridgehead atoms. The molecule has 1 aliphatic heterocycles. The summed E-state index contributed by atoms with van der Waals surface area (Å²) in [6, 6.07) is 9.47. The molecule has 1 aliphatic rings. The molecule has 0 unspecified atom stereocenters. The second-order valence-electron chi connectivity index (χ2n) is 5.42. The van der Waals surface area contributed by atoms with Gasteiger partial charge in [0.2, 0.25) is 0 Å². The first-order valence-corrected chi connectivity index (χ1v) is 7.24. The first-order valence-electron chi connectivity index (χ1n) is 7.24. The number of nitrogens with zero attached hydrogens (tertiary/aromatic N) is 2. The number of carboxylic acids is 1. The number of hydrogen-bond acceptors (Lipinski definition) is 4. The fraction of sp³-hybridized carbons (Fsp3) is 0.375. The van der Waals surface area contributed by atoms with Gasteiger partial charge in [-0.05, 0) is 31.5 Å². The molecule has 0 spiro atoms. The maximum absolute atomic E-state index is 10.8. The van der Waals surface area contributed by atoms with Crippen molar-refractivity contribution in [2.75, 3.05) is 13.1 Å². The van der Waals surface area contributed by atoms with Crippen LogP contribution in [0.15, 0.2) is 34.9 Å². The monoisotopic (exact) mass is 286 g/mol. The second-order valence-corrected chi connectivity index (χ2v) is 5.42. The van der Waals surface area contributed by atoms with Crippen LogP contribution in [0, 0.1) is 0 Å². The Morgan fingerprint density at radius 2 is 1.90 bits per heavy atom. The molecule has 110 valence electrons. The largest absolute Gasteiger partial charge is 0.476 e. The molecule has 0 saturated carbocycles. The zero-order valence-corrected chi connectivity index (χ0v) is 11.8. The molecule has 1 aromatic heterocycles. The average molecular weight is 286 g/mol. The highest BCUT2D eigenvalue weighted by atomic mass is 16.5. The van der Waals surface area contributed by atoms with Crippen molar-refractivity contribution in [3.63, 3.8) is 0 Å². The van der Waals surface area contributed by atoms with Gasteiger partial charge in [-0.1, -0.05) is 35.8 Å². The summed E-state index contributed by atoms with van der Waals surface area (Å²) in [5.74, 6) is -0.594. The summed E-state index contributed by atoms with van der Waals surface area (Å²) in [6.07, 6.45) is 3.91. The third-order valence-electron chi connectivity index (χ3n) is 3.82. The van der Waals surface area contributed by atoms with Crippen LogP contribution in [0.1, 0.15) is 35.3 Å². The van der Waals surface area contributed by atoms with Gasteiger partial charge in [0.1, 0.15) is 0 Å². The van der Waals surface area contributed by atoms with E-state index in [0.29, 0.717) is 5.76 Å². The normalized spacial score (nSPS) is 16.0. The number of hydrogen-bond donors (Lipinski definition) is 1.